The first kappa shape index (κ1) is 20.8. The summed E-state index contributed by atoms with van der Waals surface area (Å²) in [4.78, 5) is 17.4. The van der Waals surface area contributed by atoms with Gasteiger partial charge in [0.2, 0.25) is 5.91 Å². The molecule has 2 rings (SSSR count). The topological polar surface area (TPSA) is 89.2 Å². The molecule has 1 aromatic rings. The average Bonchev–Trinajstić information content (AvgIpc) is 2.95. The fourth-order valence-corrected chi connectivity index (χ4v) is 2.08. The lowest BCUT2D eigenvalue weighted by molar-refractivity contribution is -0.119. The Balaban J connectivity index is 0.00000112. The van der Waals surface area contributed by atoms with Crippen molar-refractivity contribution in [3.8, 4) is 11.8 Å². The van der Waals surface area contributed by atoms with Gasteiger partial charge in [0, 0.05) is 12.6 Å². The number of aromatic hydroxyl groups is 1. The molecule has 0 saturated carbocycles. The summed E-state index contributed by atoms with van der Waals surface area (Å²) in [5, 5.41) is 20.8. The van der Waals surface area contributed by atoms with Gasteiger partial charge in [0.25, 0.3) is 0 Å². The van der Waals surface area contributed by atoms with Gasteiger partial charge in [-0.2, -0.15) is 5.26 Å². The maximum atomic E-state index is 12.8. The number of nitrogens with one attached hydrogen (secondary N) is 1. The number of carbonyl (C=O) groups is 1. The predicted molar refractivity (Wildman–Crippen MR) is 87.3 cm³/mol. The highest BCUT2D eigenvalue weighted by atomic mass is 19.1. The summed E-state index contributed by atoms with van der Waals surface area (Å²) in [5.74, 6) is -1.86. The molecule has 0 bridgehead atoms. The first-order valence-electron chi connectivity index (χ1n) is 7.76. The summed E-state index contributed by atoms with van der Waals surface area (Å²) < 4.78 is 12.8. The van der Waals surface area contributed by atoms with Gasteiger partial charge in [0.1, 0.15) is 5.82 Å². The molecule has 128 valence electrons. The third kappa shape index (κ3) is 5.83. The molecule has 7 heteroatoms. The molecule has 0 radical (unpaired) electrons. The number of hydrogen-bond donors (Lipinski definition) is 2. The highest BCUT2D eigenvalue weighted by molar-refractivity contribution is 5.93. The van der Waals surface area contributed by atoms with Gasteiger partial charge in [-0.05, 0) is 13.5 Å². The minimum atomic E-state index is -0.680. The lowest BCUT2D eigenvalue weighted by Crippen LogP contribution is -2.26. The Morgan fingerprint density at radius 3 is 2.57 bits per heavy atom. The molecule has 0 aromatic carbocycles. The van der Waals surface area contributed by atoms with Crippen molar-refractivity contribution in [3.63, 3.8) is 0 Å². The molecule has 1 aromatic heterocycles. The molecule has 1 aliphatic rings. The van der Waals surface area contributed by atoms with Crippen molar-refractivity contribution in [1.82, 2.24) is 9.88 Å². The Morgan fingerprint density at radius 2 is 2.09 bits per heavy atom. The zero-order valence-electron chi connectivity index (χ0n) is 14.3. The van der Waals surface area contributed by atoms with Crippen molar-refractivity contribution in [1.29, 1.82) is 5.26 Å². The van der Waals surface area contributed by atoms with Gasteiger partial charge in [0.05, 0.1) is 24.2 Å². The number of nitrogens with zero attached hydrogens (tertiary/aromatic N) is 3. The molecule has 6 nitrogen and oxygen atoms in total. The molecule has 23 heavy (non-hydrogen) atoms. The average molecular weight is 324 g/mol. The van der Waals surface area contributed by atoms with Crippen LogP contribution >= 0.6 is 0 Å². The number of aromatic nitrogens is 1. The smallest absolute Gasteiger partial charge is 0.230 e. The summed E-state index contributed by atoms with van der Waals surface area (Å²) in [7, 11) is 1.77. The number of amides is 1. The van der Waals surface area contributed by atoms with Gasteiger partial charge in [-0.3, -0.25) is 9.69 Å². The van der Waals surface area contributed by atoms with E-state index in [1.54, 1.807) is 11.9 Å². The number of rotatable bonds is 2. The van der Waals surface area contributed by atoms with Crippen LogP contribution in [0.1, 0.15) is 34.1 Å². The highest BCUT2D eigenvalue weighted by Crippen LogP contribution is 2.25. The number of carbonyl (C=O) groups excluding carboxylic acids is 1. The van der Waals surface area contributed by atoms with E-state index in [-0.39, 0.29) is 23.7 Å². The molecule has 1 aliphatic heterocycles. The lowest BCUT2D eigenvalue weighted by Gasteiger charge is -2.11. The molecule has 1 fully saturated rings. The number of nitriles is 1. The van der Waals surface area contributed by atoms with Crippen LogP contribution in [0.2, 0.25) is 0 Å². The minimum absolute atomic E-state index is 0.0746. The Labute approximate surface area is 136 Å². The molecule has 2 unspecified atom stereocenters. The van der Waals surface area contributed by atoms with E-state index in [4.69, 9.17) is 5.26 Å². The van der Waals surface area contributed by atoms with Crippen molar-refractivity contribution in [2.45, 2.75) is 40.2 Å². The first-order chi connectivity index (χ1) is 11.0. The van der Waals surface area contributed by atoms with Crippen LogP contribution in [-0.4, -0.2) is 40.5 Å². The summed E-state index contributed by atoms with van der Waals surface area (Å²) in [6.45, 7) is 8.46. The van der Waals surface area contributed by atoms with Gasteiger partial charge in [-0.25, -0.2) is 9.37 Å². The Kier molecular flexibility index (Phi) is 9.51. The van der Waals surface area contributed by atoms with Gasteiger partial charge in [-0.15, -0.1) is 0 Å². The predicted octanol–water partition coefficient (Wildman–Crippen LogP) is 2.76. The van der Waals surface area contributed by atoms with Crippen LogP contribution in [0, 0.1) is 23.1 Å². The van der Waals surface area contributed by atoms with Gasteiger partial charge < -0.3 is 10.4 Å². The van der Waals surface area contributed by atoms with Crippen molar-refractivity contribution < 1.29 is 14.3 Å². The number of pyridine rings is 1. The molecule has 2 heterocycles. The van der Waals surface area contributed by atoms with Crippen molar-refractivity contribution in [2.75, 3.05) is 18.9 Å². The zero-order chi connectivity index (χ0) is 18.0. The van der Waals surface area contributed by atoms with Crippen molar-refractivity contribution in [2.24, 2.45) is 5.92 Å². The second-order valence-corrected chi connectivity index (χ2v) is 4.53. The quantitative estimate of drug-likeness (QED) is 0.873. The summed E-state index contributed by atoms with van der Waals surface area (Å²) in [5.41, 5.74) is 0. The second-order valence-electron chi connectivity index (χ2n) is 4.53. The standard InChI is InChI=1S/C12H13FN4O2.2C2H6/c1-17-6-7(2-9(17)4-14)12(19)16-11-10(18)3-8(13)5-15-11;2*1-2/h3,5,7,9,18H,2,6H2,1H3,(H,15,16,19);2*1-2H3. The Morgan fingerprint density at radius 1 is 1.48 bits per heavy atom. The first-order valence-corrected chi connectivity index (χ1v) is 7.76. The molecular weight excluding hydrogens is 299 g/mol. The molecule has 1 amide bonds. The molecule has 0 spiro atoms. The van der Waals surface area contributed by atoms with Crippen LogP contribution in [0.5, 0.6) is 5.75 Å². The fraction of sp³-hybridized carbons (Fsp3) is 0.562. The SMILES string of the molecule is CC.CC.CN1CC(C(=O)Nc2ncc(F)cc2O)CC1C#N. The van der Waals surface area contributed by atoms with Crippen LogP contribution in [0.3, 0.4) is 0 Å². The molecule has 2 N–H and O–H groups in total. The summed E-state index contributed by atoms with van der Waals surface area (Å²) >= 11 is 0. The van der Waals surface area contributed by atoms with Crippen molar-refractivity contribution in [3.05, 3.63) is 18.1 Å². The Hall–Kier alpha value is -2.20. The minimum Gasteiger partial charge on any atom is -0.504 e. The van der Waals surface area contributed by atoms with E-state index < -0.39 is 11.6 Å². The van der Waals surface area contributed by atoms with E-state index in [0.717, 1.165) is 12.3 Å². The van der Waals surface area contributed by atoms with E-state index in [2.05, 4.69) is 16.4 Å². The lowest BCUT2D eigenvalue weighted by atomic mass is 10.1. The van der Waals surface area contributed by atoms with Crippen LogP contribution < -0.4 is 5.32 Å². The van der Waals surface area contributed by atoms with E-state index in [9.17, 15) is 14.3 Å². The Bertz CT molecular complexity index is 545. The van der Waals surface area contributed by atoms with E-state index in [1.807, 2.05) is 27.7 Å². The van der Waals surface area contributed by atoms with Gasteiger partial charge >= 0.3 is 0 Å². The molecule has 2 atom stereocenters. The normalized spacial score (nSPS) is 19.5. The highest BCUT2D eigenvalue weighted by Gasteiger charge is 2.34. The monoisotopic (exact) mass is 324 g/mol. The maximum Gasteiger partial charge on any atom is 0.230 e. The number of likely N-dealkylation sites (tertiary alicyclic amines) is 1. The summed E-state index contributed by atoms with van der Waals surface area (Å²) in [6, 6.07) is 2.70. The van der Waals surface area contributed by atoms with Gasteiger partial charge in [0.15, 0.2) is 11.6 Å². The third-order valence-electron chi connectivity index (χ3n) is 3.14. The van der Waals surface area contributed by atoms with E-state index >= 15 is 0 Å². The third-order valence-corrected chi connectivity index (χ3v) is 3.14. The van der Waals surface area contributed by atoms with Crippen molar-refractivity contribution >= 4 is 11.7 Å². The number of anilines is 1. The van der Waals surface area contributed by atoms with Crippen LogP contribution in [0.15, 0.2) is 12.3 Å². The molecule has 1 saturated heterocycles. The van der Waals surface area contributed by atoms with E-state index in [0.29, 0.717) is 13.0 Å². The largest absolute Gasteiger partial charge is 0.504 e. The second kappa shape index (κ2) is 10.5. The molecule has 0 aliphatic carbocycles. The van der Waals surface area contributed by atoms with Crippen LogP contribution in [0.4, 0.5) is 10.2 Å². The molecular formula is C16H25FN4O2. The van der Waals surface area contributed by atoms with E-state index in [1.165, 1.54) is 0 Å². The van der Waals surface area contributed by atoms with Gasteiger partial charge in [-0.1, -0.05) is 27.7 Å². The van der Waals surface area contributed by atoms with Crippen LogP contribution in [0.25, 0.3) is 0 Å². The fourth-order valence-electron chi connectivity index (χ4n) is 2.08. The number of halogens is 1. The number of hydrogen-bond acceptors (Lipinski definition) is 5. The zero-order valence-corrected chi connectivity index (χ0v) is 14.3. The summed E-state index contributed by atoms with van der Waals surface area (Å²) in [6.07, 6.45) is 1.34. The maximum absolute atomic E-state index is 12.8. The van der Waals surface area contributed by atoms with Crippen LogP contribution in [-0.2, 0) is 4.79 Å².